The number of nitrogens with one attached hydrogen (secondary N) is 1. The molecule has 94 valence electrons. The van der Waals surface area contributed by atoms with E-state index in [-0.39, 0.29) is 11.6 Å². The van der Waals surface area contributed by atoms with E-state index in [0.717, 1.165) is 18.4 Å². The van der Waals surface area contributed by atoms with Crippen molar-refractivity contribution in [1.29, 1.82) is 0 Å². The second-order valence-electron chi connectivity index (χ2n) is 4.31. The molecule has 0 unspecified atom stereocenters. The van der Waals surface area contributed by atoms with Crippen LogP contribution in [0.15, 0.2) is 18.2 Å². The topological polar surface area (TPSA) is 30.5 Å². The second-order valence-corrected chi connectivity index (χ2v) is 4.31. The maximum atomic E-state index is 13.4. The zero-order valence-corrected chi connectivity index (χ0v) is 10.0. The van der Waals surface area contributed by atoms with Gasteiger partial charge < -0.3 is 4.74 Å². The maximum Gasteiger partial charge on any atom is 0.165 e. The van der Waals surface area contributed by atoms with Gasteiger partial charge in [-0.05, 0) is 30.5 Å². The highest BCUT2D eigenvalue weighted by atomic mass is 19.1. The van der Waals surface area contributed by atoms with Crippen molar-refractivity contribution in [2.75, 3.05) is 7.11 Å². The number of hydroxylamine groups is 1. The fraction of sp³-hybridized carbons (Fsp3) is 0.538. The van der Waals surface area contributed by atoms with Gasteiger partial charge in [0.05, 0.1) is 13.2 Å². The molecule has 1 aromatic carbocycles. The number of halogens is 1. The van der Waals surface area contributed by atoms with Crippen LogP contribution < -0.4 is 10.2 Å². The number of hydrogen-bond acceptors (Lipinski definition) is 3. The molecule has 3 nitrogen and oxygen atoms in total. The average Bonchev–Trinajstić information content (AvgIpc) is 2.82. The Bertz CT molecular complexity index is 364. The van der Waals surface area contributed by atoms with Crippen molar-refractivity contribution < 1.29 is 14.0 Å². The number of hydrogen-bond donors (Lipinski definition) is 1. The molecule has 4 heteroatoms. The molecular weight excluding hydrogens is 221 g/mol. The van der Waals surface area contributed by atoms with Gasteiger partial charge in [0.1, 0.15) is 0 Å². The lowest BCUT2D eigenvalue weighted by atomic mass is 10.2. The molecule has 1 aliphatic rings. The fourth-order valence-corrected chi connectivity index (χ4v) is 2.07. The third kappa shape index (κ3) is 3.41. The zero-order chi connectivity index (χ0) is 12.1. The molecular formula is C13H18FNO2. The van der Waals surface area contributed by atoms with Crippen LogP contribution in [0.4, 0.5) is 4.39 Å². The van der Waals surface area contributed by atoms with Crippen LogP contribution in [0.3, 0.4) is 0 Å². The number of methoxy groups -OCH3 is 1. The first-order valence-electron chi connectivity index (χ1n) is 6.00. The highest BCUT2D eigenvalue weighted by Crippen LogP contribution is 2.20. The molecule has 1 aliphatic carbocycles. The molecule has 0 heterocycles. The number of rotatable bonds is 5. The molecule has 0 amide bonds. The Hall–Kier alpha value is -1.13. The molecule has 0 bridgehead atoms. The van der Waals surface area contributed by atoms with E-state index in [1.54, 1.807) is 6.07 Å². The van der Waals surface area contributed by atoms with E-state index in [4.69, 9.17) is 9.57 Å². The average molecular weight is 239 g/mol. The molecule has 17 heavy (non-hydrogen) atoms. The molecule has 0 saturated heterocycles. The van der Waals surface area contributed by atoms with Crippen molar-refractivity contribution >= 4 is 0 Å². The lowest BCUT2D eigenvalue weighted by Gasteiger charge is -2.12. The second kappa shape index (κ2) is 5.98. The summed E-state index contributed by atoms with van der Waals surface area (Å²) < 4.78 is 18.2. The highest BCUT2D eigenvalue weighted by molar-refractivity contribution is 5.29. The Morgan fingerprint density at radius 1 is 1.35 bits per heavy atom. The lowest BCUT2D eigenvalue weighted by Crippen LogP contribution is -2.21. The maximum absolute atomic E-state index is 13.4. The molecule has 0 aliphatic heterocycles. The van der Waals surface area contributed by atoms with Crippen LogP contribution in [0.2, 0.25) is 0 Å². The monoisotopic (exact) mass is 239 g/mol. The van der Waals surface area contributed by atoms with Gasteiger partial charge in [0.2, 0.25) is 0 Å². The van der Waals surface area contributed by atoms with Gasteiger partial charge in [-0.1, -0.05) is 18.9 Å². The predicted octanol–water partition coefficient (Wildman–Crippen LogP) is 2.80. The highest BCUT2D eigenvalue weighted by Gasteiger charge is 2.15. The minimum Gasteiger partial charge on any atom is -0.494 e. The Balaban J connectivity index is 1.80. The van der Waals surface area contributed by atoms with Crippen LogP contribution in [0.25, 0.3) is 0 Å². The first-order valence-corrected chi connectivity index (χ1v) is 6.00. The van der Waals surface area contributed by atoms with Gasteiger partial charge in [0.25, 0.3) is 0 Å². The van der Waals surface area contributed by atoms with Gasteiger partial charge in [-0.3, -0.25) is 4.84 Å². The van der Waals surface area contributed by atoms with Gasteiger partial charge in [0, 0.05) is 6.54 Å². The molecule has 0 spiro atoms. The normalized spacial score (nSPS) is 16.4. The molecule has 1 saturated carbocycles. The third-order valence-corrected chi connectivity index (χ3v) is 3.04. The van der Waals surface area contributed by atoms with E-state index in [1.165, 1.54) is 26.0 Å². The summed E-state index contributed by atoms with van der Waals surface area (Å²) in [5, 5.41) is 0. The molecule has 1 fully saturated rings. The van der Waals surface area contributed by atoms with Crippen LogP contribution in [-0.4, -0.2) is 13.2 Å². The Kier molecular flexibility index (Phi) is 4.34. The fourth-order valence-electron chi connectivity index (χ4n) is 2.07. The van der Waals surface area contributed by atoms with Gasteiger partial charge in [-0.2, -0.15) is 5.48 Å². The quantitative estimate of drug-likeness (QED) is 0.801. The summed E-state index contributed by atoms with van der Waals surface area (Å²) in [5.41, 5.74) is 3.75. The van der Waals surface area contributed by atoms with Crippen molar-refractivity contribution in [2.24, 2.45) is 0 Å². The minimum absolute atomic E-state index is 0.269. The molecule has 0 atom stereocenters. The van der Waals surface area contributed by atoms with Gasteiger partial charge in [0.15, 0.2) is 11.6 Å². The van der Waals surface area contributed by atoms with Crippen molar-refractivity contribution in [3.63, 3.8) is 0 Å². The smallest absolute Gasteiger partial charge is 0.165 e. The Morgan fingerprint density at radius 3 is 2.76 bits per heavy atom. The molecule has 2 rings (SSSR count). The predicted molar refractivity (Wildman–Crippen MR) is 63.1 cm³/mol. The van der Waals surface area contributed by atoms with Crippen molar-refractivity contribution in [3.8, 4) is 5.75 Å². The van der Waals surface area contributed by atoms with Crippen molar-refractivity contribution in [1.82, 2.24) is 5.48 Å². The summed E-state index contributed by atoms with van der Waals surface area (Å²) in [4.78, 5) is 5.50. The first-order chi connectivity index (χ1) is 8.29. The summed E-state index contributed by atoms with van der Waals surface area (Å²) >= 11 is 0. The molecule has 0 radical (unpaired) electrons. The minimum atomic E-state index is -0.340. The van der Waals surface area contributed by atoms with E-state index in [9.17, 15) is 4.39 Å². The van der Waals surface area contributed by atoms with E-state index in [2.05, 4.69) is 5.48 Å². The summed E-state index contributed by atoms with van der Waals surface area (Å²) in [6.07, 6.45) is 5.03. The van der Waals surface area contributed by atoms with Gasteiger partial charge in [-0.25, -0.2) is 4.39 Å². The van der Waals surface area contributed by atoms with Crippen molar-refractivity contribution in [2.45, 2.75) is 38.3 Å². The Labute approximate surface area is 101 Å². The van der Waals surface area contributed by atoms with Crippen LogP contribution in [0.1, 0.15) is 31.2 Å². The number of benzene rings is 1. The SMILES string of the molecule is COc1ccc(CNOC2CCCC2)cc1F. The summed E-state index contributed by atoms with van der Waals surface area (Å²) in [7, 11) is 1.46. The van der Waals surface area contributed by atoms with E-state index in [1.807, 2.05) is 6.07 Å². The molecule has 1 aromatic rings. The van der Waals surface area contributed by atoms with Gasteiger partial charge >= 0.3 is 0 Å². The van der Waals surface area contributed by atoms with E-state index >= 15 is 0 Å². The van der Waals surface area contributed by atoms with Crippen LogP contribution in [0.5, 0.6) is 5.75 Å². The van der Waals surface area contributed by atoms with E-state index in [0.29, 0.717) is 12.6 Å². The summed E-state index contributed by atoms with van der Waals surface area (Å²) in [6, 6.07) is 4.92. The lowest BCUT2D eigenvalue weighted by molar-refractivity contribution is -0.0244. The molecule has 1 N–H and O–H groups in total. The van der Waals surface area contributed by atoms with Crippen LogP contribution in [0, 0.1) is 5.82 Å². The van der Waals surface area contributed by atoms with Crippen LogP contribution >= 0.6 is 0 Å². The van der Waals surface area contributed by atoms with Crippen LogP contribution in [-0.2, 0) is 11.4 Å². The third-order valence-electron chi connectivity index (χ3n) is 3.04. The van der Waals surface area contributed by atoms with Crippen molar-refractivity contribution in [3.05, 3.63) is 29.6 Å². The summed E-state index contributed by atoms with van der Waals surface area (Å²) in [5.74, 6) is -0.0712. The standard InChI is InChI=1S/C13H18FNO2/c1-16-13-7-6-10(8-12(13)14)9-15-17-11-4-2-3-5-11/h6-8,11,15H,2-5,9H2,1H3. The Morgan fingerprint density at radius 2 is 2.12 bits per heavy atom. The van der Waals surface area contributed by atoms with Gasteiger partial charge in [-0.15, -0.1) is 0 Å². The number of ether oxygens (including phenoxy) is 1. The largest absolute Gasteiger partial charge is 0.494 e. The van der Waals surface area contributed by atoms with E-state index < -0.39 is 0 Å². The first kappa shape index (κ1) is 12.3. The molecule has 0 aromatic heterocycles. The summed E-state index contributed by atoms with van der Waals surface area (Å²) in [6.45, 7) is 0.511. The zero-order valence-electron chi connectivity index (χ0n) is 10.0.